The molecular weight excluding hydrogens is 304 g/mol. The molecule has 0 saturated carbocycles. The van der Waals surface area contributed by atoms with Crippen molar-refractivity contribution >= 4 is 11.6 Å². The van der Waals surface area contributed by atoms with Crippen molar-refractivity contribution in [1.29, 1.82) is 0 Å². The minimum Gasteiger partial charge on any atom is -0.508 e. The largest absolute Gasteiger partial charge is 0.508 e. The average Bonchev–Trinajstić information content (AvgIpc) is 3.02. The number of carbonyl (C=O) groups excluding carboxylic acids is 1. The Morgan fingerprint density at radius 3 is 2.46 bits per heavy atom. The first-order valence-corrected chi connectivity index (χ1v) is 7.98. The molecule has 1 heterocycles. The zero-order valence-electron chi connectivity index (χ0n) is 13.8. The number of benzene rings is 2. The van der Waals surface area contributed by atoms with E-state index >= 15 is 0 Å². The first-order valence-electron chi connectivity index (χ1n) is 7.98. The van der Waals surface area contributed by atoms with Gasteiger partial charge in [0.15, 0.2) is 0 Å². The first kappa shape index (κ1) is 16.1. The van der Waals surface area contributed by atoms with Crippen molar-refractivity contribution in [3.63, 3.8) is 0 Å². The maximum absolute atomic E-state index is 12.0. The molecule has 2 aromatic carbocycles. The fourth-order valence-corrected chi connectivity index (χ4v) is 2.84. The summed E-state index contributed by atoms with van der Waals surface area (Å²) in [5.74, 6) is 0.922. The van der Waals surface area contributed by atoms with Crippen LogP contribution in [0.4, 0.5) is 0 Å². The lowest BCUT2D eigenvalue weighted by molar-refractivity contribution is -0.130. The number of phenolic OH excluding ortho intramolecular Hbond substituents is 1. The van der Waals surface area contributed by atoms with Crippen LogP contribution in [0.1, 0.15) is 37.4 Å². The van der Waals surface area contributed by atoms with Crippen molar-refractivity contribution in [3.8, 4) is 11.5 Å². The third kappa shape index (κ3) is 3.25. The van der Waals surface area contributed by atoms with E-state index in [1.54, 1.807) is 12.1 Å². The molecule has 1 atom stereocenters. The number of nitrogens with zero attached hydrogens (tertiary/aromatic N) is 2. The Bertz CT molecular complexity index is 751. The highest BCUT2D eigenvalue weighted by atomic mass is 16.5. The summed E-state index contributed by atoms with van der Waals surface area (Å²) in [5, 5.41) is 15.5. The quantitative estimate of drug-likeness (QED) is 0.936. The van der Waals surface area contributed by atoms with E-state index in [1.165, 1.54) is 11.9 Å². The minimum absolute atomic E-state index is 0.103. The Labute approximate surface area is 141 Å². The molecule has 0 saturated heterocycles. The van der Waals surface area contributed by atoms with Crippen LogP contribution in [0.15, 0.2) is 53.6 Å². The van der Waals surface area contributed by atoms with Gasteiger partial charge >= 0.3 is 0 Å². The molecule has 0 spiro atoms. The smallest absolute Gasteiger partial charge is 0.240 e. The van der Waals surface area contributed by atoms with E-state index in [0.717, 1.165) is 22.6 Å². The summed E-state index contributed by atoms with van der Waals surface area (Å²) in [6, 6.07) is 14.5. The third-order valence-corrected chi connectivity index (χ3v) is 4.01. The van der Waals surface area contributed by atoms with Crippen LogP contribution in [0.25, 0.3) is 0 Å². The summed E-state index contributed by atoms with van der Waals surface area (Å²) in [6.45, 7) is 4.08. The van der Waals surface area contributed by atoms with Crippen molar-refractivity contribution in [2.75, 3.05) is 6.61 Å². The lowest BCUT2D eigenvalue weighted by Gasteiger charge is -2.20. The van der Waals surface area contributed by atoms with Gasteiger partial charge in [-0.3, -0.25) is 4.79 Å². The van der Waals surface area contributed by atoms with E-state index in [2.05, 4.69) is 5.10 Å². The molecule has 124 valence electrons. The second-order valence-corrected chi connectivity index (χ2v) is 5.68. The molecule has 0 aliphatic carbocycles. The van der Waals surface area contributed by atoms with Crippen LogP contribution in [0.5, 0.6) is 11.5 Å². The van der Waals surface area contributed by atoms with Crippen LogP contribution in [0, 0.1) is 0 Å². The summed E-state index contributed by atoms with van der Waals surface area (Å²) in [5.41, 5.74) is 2.80. The highest BCUT2D eigenvalue weighted by molar-refractivity contribution is 6.03. The van der Waals surface area contributed by atoms with E-state index in [4.69, 9.17) is 4.74 Å². The number of rotatable bonds is 4. The summed E-state index contributed by atoms with van der Waals surface area (Å²) in [4.78, 5) is 12.0. The molecule has 1 unspecified atom stereocenters. The van der Waals surface area contributed by atoms with Gasteiger partial charge in [-0.25, -0.2) is 5.01 Å². The van der Waals surface area contributed by atoms with Gasteiger partial charge in [-0.2, -0.15) is 5.10 Å². The average molecular weight is 324 g/mol. The number of amides is 1. The monoisotopic (exact) mass is 324 g/mol. The van der Waals surface area contributed by atoms with E-state index in [0.29, 0.717) is 13.0 Å². The first-order chi connectivity index (χ1) is 11.6. The fraction of sp³-hybridized carbons (Fsp3) is 0.263. The molecule has 24 heavy (non-hydrogen) atoms. The third-order valence-electron chi connectivity index (χ3n) is 4.01. The lowest BCUT2D eigenvalue weighted by atomic mass is 9.98. The summed E-state index contributed by atoms with van der Waals surface area (Å²) < 4.78 is 5.46. The Kier molecular flexibility index (Phi) is 4.51. The number of ether oxygens (including phenoxy) is 1. The van der Waals surface area contributed by atoms with Crippen LogP contribution < -0.4 is 4.74 Å². The normalized spacial score (nSPS) is 16.8. The Hall–Kier alpha value is -2.82. The van der Waals surface area contributed by atoms with Gasteiger partial charge in [-0.15, -0.1) is 0 Å². The molecule has 2 aromatic rings. The molecule has 5 heteroatoms. The summed E-state index contributed by atoms with van der Waals surface area (Å²) in [7, 11) is 0. The number of carbonyl (C=O) groups is 1. The zero-order valence-corrected chi connectivity index (χ0v) is 13.8. The Morgan fingerprint density at radius 1 is 1.21 bits per heavy atom. The number of hydrogen-bond donors (Lipinski definition) is 1. The maximum Gasteiger partial charge on any atom is 0.240 e. The van der Waals surface area contributed by atoms with Crippen LogP contribution in [0.2, 0.25) is 0 Å². The lowest BCUT2D eigenvalue weighted by Crippen LogP contribution is -2.24. The van der Waals surface area contributed by atoms with Crippen molar-refractivity contribution in [2.45, 2.75) is 26.3 Å². The highest BCUT2D eigenvalue weighted by Crippen LogP contribution is 2.33. The summed E-state index contributed by atoms with van der Waals surface area (Å²) >= 11 is 0. The van der Waals surface area contributed by atoms with Crippen molar-refractivity contribution in [1.82, 2.24) is 5.01 Å². The molecule has 1 aliphatic heterocycles. The molecular formula is C19H20N2O3. The van der Waals surface area contributed by atoms with Crippen LogP contribution in [0.3, 0.4) is 0 Å². The van der Waals surface area contributed by atoms with E-state index in [-0.39, 0.29) is 17.7 Å². The topological polar surface area (TPSA) is 62.1 Å². The SMILES string of the molecule is CCOc1ccc(C2=NN(C(C)=O)C(c3ccc(O)cc3)C2)cc1. The van der Waals surface area contributed by atoms with Gasteiger partial charge in [-0.05, 0) is 54.4 Å². The van der Waals surface area contributed by atoms with Gasteiger partial charge in [-0.1, -0.05) is 12.1 Å². The van der Waals surface area contributed by atoms with Gasteiger partial charge in [0.2, 0.25) is 5.91 Å². The highest BCUT2D eigenvalue weighted by Gasteiger charge is 2.31. The fourth-order valence-electron chi connectivity index (χ4n) is 2.84. The predicted octanol–water partition coefficient (Wildman–Crippen LogP) is 3.49. The molecule has 3 rings (SSSR count). The van der Waals surface area contributed by atoms with E-state index < -0.39 is 0 Å². The van der Waals surface area contributed by atoms with Crippen LogP contribution in [-0.2, 0) is 4.79 Å². The van der Waals surface area contributed by atoms with Gasteiger partial charge in [0.25, 0.3) is 0 Å². The maximum atomic E-state index is 12.0. The molecule has 0 radical (unpaired) electrons. The summed E-state index contributed by atoms with van der Waals surface area (Å²) in [6.07, 6.45) is 0.637. The second-order valence-electron chi connectivity index (χ2n) is 5.68. The van der Waals surface area contributed by atoms with Crippen molar-refractivity contribution in [2.24, 2.45) is 5.10 Å². The number of aromatic hydroxyl groups is 1. The second kappa shape index (κ2) is 6.74. The Morgan fingerprint density at radius 2 is 1.88 bits per heavy atom. The van der Waals surface area contributed by atoms with Gasteiger partial charge in [0, 0.05) is 13.3 Å². The van der Waals surface area contributed by atoms with Gasteiger partial charge < -0.3 is 9.84 Å². The molecule has 1 amide bonds. The van der Waals surface area contributed by atoms with Crippen LogP contribution in [-0.4, -0.2) is 28.3 Å². The number of phenols is 1. The van der Waals surface area contributed by atoms with Gasteiger partial charge in [0.05, 0.1) is 18.4 Å². The van der Waals surface area contributed by atoms with E-state index in [1.807, 2.05) is 43.3 Å². The van der Waals surface area contributed by atoms with Crippen molar-refractivity contribution in [3.05, 3.63) is 59.7 Å². The minimum atomic E-state index is -0.148. The molecule has 1 N–H and O–H groups in total. The molecule has 1 aliphatic rings. The predicted molar refractivity (Wildman–Crippen MR) is 92.1 cm³/mol. The molecule has 0 aromatic heterocycles. The molecule has 0 fully saturated rings. The molecule has 5 nitrogen and oxygen atoms in total. The van der Waals surface area contributed by atoms with Gasteiger partial charge in [0.1, 0.15) is 11.5 Å². The van der Waals surface area contributed by atoms with Crippen molar-refractivity contribution < 1.29 is 14.6 Å². The Balaban J connectivity index is 1.86. The zero-order chi connectivity index (χ0) is 17.1. The van der Waals surface area contributed by atoms with Crippen LogP contribution >= 0.6 is 0 Å². The standard InChI is InChI=1S/C19H20N2O3/c1-3-24-17-10-6-14(7-11-17)18-12-19(21(20-18)13(2)22)15-4-8-16(23)9-5-15/h4-11,19,23H,3,12H2,1-2H3. The number of hydrogen-bond acceptors (Lipinski definition) is 4. The van der Waals surface area contributed by atoms with E-state index in [9.17, 15) is 9.90 Å². The molecule has 0 bridgehead atoms. The number of hydrazone groups is 1.